The lowest BCUT2D eigenvalue weighted by Gasteiger charge is -2.52. The molecule has 13 rings (SSSR count). The minimum Gasteiger partial charge on any atom is -0.376 e. The number of para-hydroxylation sites is 2. The number of rotatable bonds is 2. The molecule has 0 radical (unpaired) electrons. The van der Waals surface area contributed by atoms with Crippen molar-refractivity contribution in [3.05, 3.63) is 186 Å². The zero-order valence-electron chi connectivity index (χ0n) is 36.4. The molecule has 0 fully saturated rings. The lowest BCUT2D eigenvalue weighted by molar-refractivity contribution is 0.590. The molecule has 0 saturated heterocycles. The summed E-state index contributed by atoms with van der Waals surface area (Å²) in [4.78, 5) is 5.45. The minimum atomic E-state index is -0.219. The molecular weight excluding hydrogens is 768 g/mol. The van der Waals surface area contributed by atoms with Gasteiger partial charge in [-0.1, -0.05) is 164 Å². The predicted octanol–water partition coefficient (Wildman–Crippen LogP) is 14.7. The number of thiophene rings is 1. The first-order valence-electron chi connectivity index (χ1n) is 22.2. The van der Waals surface area contributed by atoms with E-state index in [0.29, 0.717) is 0 Å². The molecule has 62 heavy (non-hydrogen) atoms. The van der Waals surface area contributed by atoms with Gasteiger partial charge in [0.05, 0.1) is 5.69 Å². The van der Waals surface area contributed by atoms with E-state index in [4.69, 9.17) is 0 Å². The van der Waals surface area contributed by atoms with E-state index in [1.807, 2.05) is 11.3 Å². The van der Waals surface area contributed by atoms with Crippen LogP contribution in [0.4, 0.5) is 28.4 Å². The second-order valence-electron chi connectivity index (χ2n) is 20.0. The maximum Gasteiger partial charge on any atom is 0.333 e. The molecule has 1 aromatic heterocycles. The van der Waals surface area contributed by atoms with Gasteiger partial charge in [-0.05, 0) is 120 Å². The third kappa shape index (κ3) is 4.56. The van der Waals surface area contributed by atoms with Crippen molar-refractivity contribution in [1.82, 2.24) is 0 Å². The monoisotopic (exact) mass is 814 g/mol. The zero-order valence-corrected chi connectivity index (χ0v) is 37.2. The maximum absolute atomic E-state index is 2.78. The van der Waals surface area contributed by atoms with Crippen LogP contribution in [0.1, 0.15) is 76.3 Å². The van der Waals surface area contributed by atoms with Gasteiger partial charge in [0, 0.05) is 54.1 Å². The van der Waals surface area contributed by atoms with Gasteiger partial charge < -0.3 is 9.71 Å². The largest absolute Gasteiger partial charge is 0.376 e. The lowest BCUT2D eigenvalue weighted by atomic mass is 9.41. The van der Waals surface area contributed by atoms with Crippen LogP contribution in [-0.2, 0) is 16.2 Å². The first kappa shape index (κ1) is 36.3. The van der Waals surface area contributed by atoms with Crippen molar-refractivity contribution in [2.24, 2.45) is 0 Å². The Hall–Kier alpha value is -6.36. The van der Waals surface area contributed by atoms with Gasteiger partial charge in [0.15, 0.2) is 0 Å². The first-order chi connectivity index (χ1) is 29.9. The zero-order chi connectivity index (χ0) is 42.0. The number of hydrogen-bond acceptors (Lipinski definition) is 3. The van der Waals surface area contributed by atoms with Crippen LogP contribution in [0.5, 0.6) is 0 Å². The van der Waals surface area contributed by atoms with Crippen molar-refractivity contribution >= 4 is 77.7 Å². The summed E-state index contributed by atoms with van der Waals surface area (Å²) in [5, 5.41) is 2.70. The average Bonchev–Trinajstić information content (AvgIpc) is 3.77. The number of benzene rings is 8. The number of hydrogen-bond donors (Lipinski definition) is 0. The fraction of sp³-hybridized carbons (Fsp3) is 0.172. The summed E-state index contributed by atoms with van der Waals surface area (Å²) >= 11 is 1.92. The normalized spacial score (nSPS) is 15.8. The van der Waals surface area contributed by atoms with Gasteiger partial charge in [0.1, 0.15) is 0 Å². The molecular formula is C58H47BN2S. The van der Waals surface area contributed by atoms with Crippen LogP contribution in [-0.4, -0.2) is 6.85 Å². The third-order valence-corrected chi connectivity index (χ3v) is 16.1. The minimum absolute atomic E-state index is 0.0202. The molecule has 4 aliphatic rings. The van der Waals surface area contributed by atoms with E-state index in [-0.39, 0.29) is 23.1 Å². The molecule has 2 nitrogen and oxygen atoms in total. The van der Waals surface area contributed by atoms with Gasteiger partial charge in [-0.2, -0.15) is 0 Å². The Morgan fingerprint density at radius 3 is 2.02 bits per heavy atom. The summed E-state index contributed by atoms with van der Waals surface area (Å²) in [5.41, 5.74) is 23.6. The van der Waals surface area contributed by atoms with E-state index in [1.165, 1.54) is 121 Å². The van der Waals surface area contributed by atoms with Crippen molar-refractivity contribution in [3.63, 3.8) is 0 Å². The molecule has 3 aliphatic heterocycles. The van der Waals surface area contributed by atoms with Crippen LogP contribution in [0.3, 0.4) is 0 Å². The van der Waals surface area contributed by atoms with Gasteiger partial charge in [0.25, 0.3) is 0 Å². The van der Waals surface area contributed by atoms with Crippen molar-refractivity contribution in [2.75, 3.05) is 9.71 Å². The molecule has 9 aromatic rings. The summed E-state index contributed by atoms with van der Waals surface area (Å²) in [5.74, 6) is 0. The molecule has 8 aromatic carbocycles. The highest BCUT2D eigenvalue weighted by molar-refractivity contribution is 7.26. The Morgan fingerprint density at radius 1 is 0.500 bits per heavy atom. The highest BCUT2D eigenvalue weighted by atomic mass is 32.1. The predicted molar refractivity (Wildman–Crippen MR) is 267 cm³/mol. The topological polar surface area (TPSA) is 6.48 Å². The molecule has 0 atom stereocenters. The molecule has 0 unspecified atom stereocenters. The number of fused-ring (bicyclic) bond motifs is 14. The summed E-state index contributed by atoms with van der Waals surface area (Å²) in [7, 11) is 0. The first-order valence-corrected chi connectivity index (χ1v) is 23.0. The molecule has 4 heterocycles. The lowest BCUT2D eigenvalue weighted by Crippen LogP contribution is -2.63. The van der Waals surface area contributed by atoms with Gasteiger partial charge >= 0.3 is 6.85 Å². The molecule has 0 bridgehead atoms. The molecule has 1 aliphatic carbocycles. The van der Waals surface area contributed by atoms with Gasteiger partial charge in [0.2, 0.25) is 0 Å². The Balaban J connectivity index is 1.26. The van der Waals surface area contributed by atoms with Gasteiger partial charge in [-0.15, -0.1) is 11.3 Å². The fourth-order valence-corrected chi connectivity index (χ4v) is 13.2. The van der Waals surface area contributed by atoms with Crippen LogP contribution >= 0.6 is 11.3 Å². The summed E-state index contributed by atoms with van der Waals surface area (Å²) in [6, 6.07) is 60.6. The van der Waals surface area contributed by atoms with E-state index in [0.717, 1.165) is 0 Å². The van der Waals surface area contributed by atoms with E-state index in [9.17, 15) is 0 Å². The van der Waals surface area contributed by atoms with Crippen molar-refractivity contribution < 1.29 is 0 Å². The van der Waals surface area contributed by atoms with Crippen LogP contribution in [0.2, 0.25) is 0 Å². The smallest absolute Gasteiger partial charge is 0.333 e. The summed E-state index contributed by atoms with van der Waals surface area (Å²) in [6.07, 6.45) is 0. The van der Waals surface area contributed by atoms with Gasteiger partial charge in [-0.25, -0.2) is 0 Å². The Kier molecular flexibility index (Phi) is 7.13. The highest BCUT2D eigenvalue weighted by Crippen LogP contribution is 2.61. The van der Waals surface area contributed by atoms with Gasteiger partial charge in [-0.3, -0.25) is 0 Å². The van der Waals surface area contributed by atoms with Crippen molar-refractivity contribution in [1.29, 1.82) is 0 Å². The second kappa shape index (κ2) is 12.2. The maximum atomic E-state index is 2.78. The SMILES string of the molecule is CC(C)(C)c1ccc(N2c3cc4c(c5c3B(c3c2ccc2sc6ccccc6c32)N2c3ccccc3C(C)(C)c3cccc-5c32)C(C)(C)c2ccccc2-4)c(-c2ccccc2)c1. The second-order valence-corrected chi connectivity index (χ2v) is 21.1. The van der Waals surface area contributed by atoms with Crippen LogP contribution < -0.4 is 20.6 Å². The molecule has 0 saturated carbocycles. The van der Waals surface area contributed by atoms with E-state index in [1.54, 1.807) is 0 Å². The Morgan fingerprint density at radius 2 is 1.19 bits per heavy atom. The number of anilines is 5. The quantitative estimate of drug-likeness (QED) is 0.160. The number of nitrogens with zero attached hydrogens (tertiary/aromatic N) is 2. The Labute approximate surface area is 369 Å². The molecule has 298 valence electrons. The van der Waals surface area contributed by atoms with E-state index in [2.05, 4.69) is 216 Å². The standard InChI is InChI=1S/C58H47BN2S/c1-56(2,3)35-28-29-44(39(32-35)34-18-9-8-10-19-34)60-46-30-31-49-50(37-21-12-16-27-48(37)62-49)53(46)59-54-47(60)33-40-36-20-11-13-23-41(36)58(6,7)52(40)51(54)38-22-17-25-43-55(38)61(59)45-26-15-14-24-42(45)57(43,4)5/h8-33H,1-7H3. The molecule has 0 amide bonds. The average molecular weight is 815 g/mol. The summed E-state index contributed by atoms with van der Waals surface area (Å²) < 4.78 is 2.66. The van der Waals surface area contributed by atoms with Crippen LogP contribution in [0.15, 0.2) is 158 Å². The van der Waals surface area contributed by atoms with Crippen molar-refractivity contribution in [3.8, 4) is 33.4 Å². The van der Waals surface area contributed by atoms with Crippen molar-refractivity contribution in [2.45, 2.75) is 64.7 Å². The highest BCUT2D eigenvalue weighted by Gasteiger charge is 2.53. The molecule has 0 spiro atoms. The third-order valence-electron chi connectivity index (χ3n) is 15.0. The Bertz CT molecular complexity index is 3420. The fourth-order valence-electron chi connectivity index (χ4n) is 12.1. The summed E-state index contributed by atoms with van der Waals surface area (Å²) in [6.45, 7) is 16.7. The van der Waals surface area contributed by atoms with Crippen LogP contribution in [0.25, 0.3) is 53.6 Å². The molecule has 4 heteroatoms. The van der Waals surface area contributed by atoms with E-state index >= 15 is 0 Å². The molecule has 0 N–H and O–H groups in total. The van der Waals surface area contributed by atoms with E-state index < -0.39 is 0 Å². The van der Waals surface area contributed by atoms with Crippen LogP contribution in [0, 0.1) is 0 Å².